The van der Waals surface area contributed by atoms with Crippen LogP contribution in [-0.4, -0.2) is 25.9 Å². The second-order valence-corrected chi connectivity index (χ2v) is 4.66. The molecule has 0 aliphatic heterocycles. The number of fused-ring (bicyclic) bond motifs is 1. The molecular weight excluding hydrogens is 254 g/mol. The first-order chi connectivity index (χ1) is 9.67. The van der Waals surface area contributed by atoms with Crippen LogP contribution in [0.25, 0.3) is 11.0 Å². The molecule has 0 saturated carbocycles. The van der Waals surface area contributed by atoms with Crippen LogP contribution in [0.4, 0.5) is 0 Å². The number of hydrogen-bond acceptors (Lipinski definition) is 4. The molecule has 0 unspecified atom stereocenters. The Morgan fingerprint density at radius 1 is 1.30 bits per heavy atom. The highest BCUT2D eigenvalue weighted by atomic mass is 16.3. The molecule has 1 aromatic carbocycles. The fourth-order valence-electron chi connectivity index (χ4n) is 2.16. The van der Waals surface area contributed by atoms with Crippen molar-refractivity contribution in [1.82, 2.24) is 14.5 Å². The molecule has 0 saturated heterocycles. The summed E-state index contributed by atoms with van der Waals surface area (Å²) in [5, 5.41) is 9.85. The fourth-order valence-corrected chi connectivity index (χ4v) is 2.16. The molecule has 2 aromatic heterocycles. The molecule has 0 aliphatic carbocycles. The molecule has 2 heterocycles. The van der Waals surface area contributed by atoms with E-state index < -0.39 is 0 Å². The number of rotatable bonds is 3. The lowest BCUT2D eigenvalue weighted by molar-refractivity contribution is 0.112. The van der Waals surface area contributed by atoms with E-state index in [1.54, 1.807) is 30.6 Å². The van der Waals surface area contributed by atoms with Crippen LogP contribution in [0.2, 0.25) is 0 Å². The van der Waals surface area contributed by atoms with Crippen LogP contribution < -0.4 is 0 Å². The second kappa shape index (κ2) is 4.77. The molecule has 100 valence electrons. The summed E-state index contributed by atoms with van der Waals surface area (Å²) in [7, 11) is 0. The Labute approximate surface area is 115 Å². The Hall–Kier alpha value is -2.69. The van der Waals surface area contributed by atoms with E-state index in [9.17, 15) is 9.90 Å². The average molecular weight is 267 g/mol. The molecule has 0 spiro atoms. The lowest BCUT2D eigenvalue weighted by Crippen LogP contribution is -2.01. The van der Waals surface area contributed by atoms with E-state index in [-0.39, 0.29) is 5.75 Å². The third kappa shape index (κ3) is 2.14. The van der Waals surface area contributed by atoms with E-state index in [4.69, 9.17) is 0 Å². The Balaban J connectivity index is 2.02. The number of benzene rings is 1. The quantitative estimate of drug-likeness (QED) is 0.739. The number of carbonyl (C=O) groups excluding carboxylic acids is 1. The van der Waals surface area contributed by atoms with Crippen molar-refractivity contribution >= 4 is 17.3 Å². The molecule has 5 nitrogen and oxygen atoms in total. The van der Waals surface area contributed by atoms with Gasteiger partial charge in [-0.3, -0.25) is 9.78 Å². The SMILES string of the molecule is Cc1ccc(O)c(Cn2cnc3cc(C=O)ccc32)n1. The summed E-state index contributed by atoms with van der Waals surface area (Å²) in [5.41, 5.74) is 3.70. The number of aromatic hydroxyl groups is 1. The van der Waals surface area contributed by atoms with Crippen molar-refractivity contribution in [1.29, 1.82) is 0 Å². The van der Waals surface area contributed by atoms with Crippen molar-refractivity contribution in [2.75, 3.05) is 0 Å². The summed E-state index contributed by atoms with van der Waals surface area (Å²) in [4.78, 5) is 19.4. The molecule has 0 amide bonds. The van der Waals surface area contributed by atoms with E-state index >= 15 is 0 Å². The van der Waals surface area contributed by atoms with Gasteiger partial charge >= 0.3 is 0 Å². The number of carbonyl (C=O) groups is 1. The maximum atomic E-state index is 10.8. The topological polar surface area (TPSA) is 68.0 Å². The van der Waals surface area contributed by atoms with Crippen molar-refractivity contribution in [2.45, 2.75) is 13.5 Å². The number of nitrogens with zero attached hydrogens (tertiary/aromatic N) is 3. The minimum absolute atomic E-state index is 0.168. The van der Waals surface area contributed by atoms with Crippen molar-refractivity contribution < 1.29 is 9.90 Å². The van der Waals surface area contributed by atoms with Crippen LogP contribution in [0.5, 0.6) is 5.75 Å². The van der Waals surface area contributed by atoms with Crippen molar-refractivity contribution in [2.24, 2.45) is 0 Å². The normalized spacial score (nSPS) is 10.8. The molecule has 0 radical (unpaired) electrons. The molecular formula is C15H13N3O2. The van der Waals surface area contributed by atoms with Gasteiger partial charge in [-0.15, -0.1) is 0 Å². The van der Waals surface area contributed by atoms with Gasteiger partial charge in [0, 0.05) is 11.3 Å². The van der Waals surface area contributed by atoms with Gasteiger partial charge in [0.25, 0.3) is 0 Å². The van der Waals surface area contributed by atoms with E-state index in [1.165, 1.54) is 0 Å². The Morgan fingerprint density at radius 3 is 2.95 bits per heavy atom. The largest absolute Gasteiger partial charge is 0.506 e. The first-order valence-electron chi connectivity index (χ1n) is 6.23. The summed E-state index contributed by atoms with van der Waals surface area (Å²) < 4.78 is 1.89. The predicted molar refractivity (Wildman–Crippen MR) is 74.9 cm³/mol. The highest BCUT2D eigenvalue weighted by molar-refractivity contribution is 5.84. The van der Waals surface area contributed by atoms with Gasteiger partial charge in [-0.2, -0.15) is 0 Å². The van der Waals surface area contributed by atoms with E-state index in [1.807, 2.05) is 17.6 Å². The number of aromatic nitrogens is 3. The van der Waals surface area contributed by atoms with E-state index in [0.717, 1.165) is 23.0 Å². The van der Waals surface area contributed by atoms with E-state index in [0.29, 0.717) is 17.8 Å². The summed E-state index contributed by atoms with van der Waals surface area (Å²) in [5.74, 6) is 0.168. The van der Waals surface area contributed by atoms with Gasteiger partial charge in [0.05, 0.1) is 23.9 Å². The number of aryl methyl sites for hydroxylation is 1. The number of pyridine rings is 1. The summed E-state index contributed by atoms with van der Waals surface area (Å²) in [6.45, 7) is 2.32. The molecule has 5 heteroatoms. The lowest BCUT2D eigenvalue weighted by Gasteiger charge is -2.07. The average Bonchev–Trinajstić information content (AvgIpc) is 2.85. The highest BCUT2D eigenvalue weighted by Gasteiger charge is 2.08. The molecule has 0 aliphatic rings. The van der Waals surface area contributed by atoms with Crippen LogP contribution in [-0.2, 0) is 6.54 Å². The van der Waals surface area contributed by atoms with Crippen LogP contribution in [0.15, 0.2) is 36.7 Å². The van der Waals surface area contributed by atoms with Crippen molar-refractivity contribution in [3.8, 4) is 5.75 Å². The molecule has 20 heavy (non-hydrogen) atoms. The van der Waals surface area contributed by atoms with Crippen LogP contribution in [0, 0.1) is 6.92 Å². The Morgan fingerprint density at radius 2 is 2.15 bits per heavy atom. The standard InChI is InChI=1S/C15H13N3O2/c1-10-2-5-15(20)13(17-10)7-18-9-16-12-6-11(8-19)3-4-14(12)18/h2-6,8-9,20H,7H2,1H3. The molecule has 0 bridgehead atoms. The first kappa shape index (κ1) is 12.3. The van der Waals surface area contributed by atoms with Gasteiger partial charge in [-0.1, -0.05) is 0 Å². The molecule has 0 atom stereocenters. The van der Waals surface area contributed by atoms with Gasteiger partial charge in [0.15, 0.2) is 0 Å². The number of aldehydes is 1. The predicted octanol–water partition coefficient (Wildman–Crippen LogP) is 2.31. The summed E-state index contributed by atoms with van der Waals surface area (Å²) >= 11 is 0. The van der Waals surface area contributed by atoms with Gasteiger partial charge in [0.2, 0.25) is 0 Å². The van der Waals surface area contributed by atoms with Crippen LogP contribution in [0.3, 0.4) is 0 Å². The first-order valence-corrected chi connectivity index (χ1v) is 6.23. The Kier molecular flexibility index (Phi) is 2.95. The molecule has 0 fully saturated rings. The highest BCUT2D eigenvalue weighted by Crippen LogP contribution is 2.19. The minimum Gasteiger partial charge on any atom is -0.506 e. The van der Waals surface area contributed by atoms with E-state index in [2.05, 4.69) is 9.97 Å². The third-order valence-electron chi connectivity index (χ3n) is 3.19. The maximum absolute atomic E-state index is 10.8. The number of hydrogen-bond donors (Lipinski definition) is 1. The van der Waals surface area contributed by atoms with Crippen LogP contribution >= 0.6 is 0 Å². The fraction of sp³-hybridized carbons (Fsp3) is 0.133. The monoisotopic (exact) mass is 267 g/mol. The summed E-state index contributed by atoms with van der Waals surface area (Å²) in [6.07, 6.45) is 2.48. The van der Waals surface area contributed by atoms with Gasteiger partial charge in [-0.05, 0) is 37.3 Å². The minimum atomic E-state index is 0.168. The lowest BCUT2D eigenvalue weighted by atomic mass is 10.2. The Bertz CT molecular complexity index is 793. The zero-order valence-corrected chi connectivity index (χ0v) is 10.9. The summed E-state index contributed by atoms with van der Waals surface area (Å²) in [6, 6.07) is 8.74. The van der Waals surface area contributed by atoms with Crippen LogP contribution in [0.1, 0.15) is 21.7 Å². The van der Waals surface area contributed by atoms with Crippen molar-refractivity contribution in [3.05, 3.63) is 53.6 Å². The smallest absolute Gasteiger partial charge is 0.150 e. The molecule has 3 rings (SSSR count). The van der Waals surface area contributed by atoms with Crippen molar-refractivity contribution in [3.63, 3.8) is 0 Å². The van der Waals surface area contributed by atoms with Gasteiger partial charge in [-0.25, -0.2) is 4.98 Å². The third-order valence-corrected chi connectivity index (χ3v) is 3.19. The second-order valence-electron chi connectivity index (χ2n) is 4.66. The zero-order valence-electron chi connectivity index (χ0n) is 10.9. The number of imidazole rings is 1. The maximum Gasteiger partial charge on any atom is 0.150 e. The van der Waals surface area contributed by atoms with Gasteiger partial charge < -0.3 is 9.67 Å². The van der Waals surface area contributed by atoms with Gasteiger partial charge in [0.1, 0.15) is 17.7 Å². The molecule has 3 aromatic rings. The molecule has 1 N–H and O–H groups in total. The zero-order chi connectivity index (χ0) is 14.1.